The molecule has 0 unspecified atom stereocenters. The number of nitrogens with zero attached hydrogens (tertiary/aromatic N) is 1. The molecule has 0 saturated carbocycles. The zero-order chi connectivity index (χ0) is 14.9. The molecule has 0 atom stereocenters. The maximum absolute atomic E-state index is 3.55. The monoisotopic (exact) mass is 349 g/mol. The van der Waals surface area contributed by atoms with Crippen LogP contribution in [-0.4, -0.2) is 4.98 Å². The number of hydrogen-bond donors (Lipinski definition) is 1. The van der Waals surface area contributed by atoms with Gasteiger partial charge in [0.2, 0.25) is 0 Å². The number of rotatable bonds is 2. The van der Waals surface area contributed by atoms with Gasteiger partial charge in [0.05, 0.1) is 5.56 Å². The van der Waals surface area contributed by atoms with Crippen LogP contribution in [0.1, 0.15) is 0 Å². The molecule has 0 aliphatic rings. The summed E-state index contributed by atoms with van der Waals surface area (Å²) >= 11 is 3.50. The molecule has 0 fully saturated rings. The number of halogens is 1. The van der Waals surface area contributed by atoms with Crippen LogP contribution in [0.15, 0.2) is 83.3 Å². The van der Waals surface area contributed by atoms with Crippen molar-refractivity contribution in [3.05, 3.63) is 83.3 Å². The lowest BCUT2D eigenvalue weighted by molar-refractivity contribution is -0.554. The first kappa shape index (κ1) is 13.3. The molecule has 1 aromatic heterocycles. The van der Waals surface area contributed by atoms with Gasteiger partial charge in [0.15, 0.2) is 11.0 Å². The second kappa shape index (κ2) is 5.43. The lowest BCUT2D eigenvalue weighted by Gasteiger charge is -2.02. The molecule has 0 saturated heterocycles. The van der Waals surface area contributed by atoms with Gasteiger partial charge in [-0.3, -0.25) is 0 Å². The molecular weight excluding hydrogens is 336 g/mol. The van der Waals surface area contributed by atoms with Crippen molar-refractivity contribution >= 4 is 27.0 Å². The van der Waals surface area contributed by atoms with Crippen LogP contribution in [0.2, 0.25) is 0 Å². The molecular formula is C19H14BrN2+. The van der Waals surface area contributed by atoms with Crippen LogP contribution in [0.25, 0.3) is 28.1 Å². The molecule has 0 spiro atoms. The van der Waals surface area contributed by atoms with Gasteiger partial charge in [-0.25, -0.2) is 4.98 Å². The zero-order valence-electron chi connectivity index (χ0n) is 11.8. The van der Waals surface area contributed by atoms with Gasteiger partial charge in [-0.15, -0.1) is 0 Å². The van der Waals surface area contributed by atoms with Gasteiger partial charge in [0.1, 0.15) is 5.69 Å². The van der Waals surface area contributed by atoms with Crippen LogP contribution in [0, 0.1) is 0 Å². The Morgan fingerprint density at radius 3 is 2.18 bits per heavy atom. The summed E-state index contributed by atoms with van der Waals surface area (Å²) in [6.07, 6.45) is 0. The van der Waals surface area contributed by atoms with Crippen molar-refractivity contribution in [1.82, 2.24) is 4.98 Å². The Kier molecular flexibility index (Phi) is 3.28. The Balaban J connectivity index is 2.04. The molecule has 1 heterocycles. The van der Waals surface area contributed by atoms with E-state index in [2.05, 4.69) is 98.3 Å². The van der Waals surface area contributed by atoms with Crippen molar-refractivity contribution in [2.75, 3.05) is 0 Å². The van der Waals surface area contributed by atoms with E-state index in [0.717, 1.165) is 27.1 Å². The fraction of sp³-hybridized carbons (Fsp3) is 0. The van der Waals surface area contributed by atoms with Crippen molar-refractivity contribution in [1.29, 1.82) is 0 Å². The fourth-order valence-corrected chi connectivity index (χ4v) is 3.00. The summed E-state index contributed by atoms with van der Waals surface area (Å²) in [7, 11) is 0. The molecule has 22 heavy (non-hydrogen) atoms. The number of para-hydroxylation sites is 3. The Bertz CT molecular complexity index is 925. The van der Waals surface area contributed by atoms with Gasteiger partial charge in [0, 0.05) is 4.47 Å². The number of hydrogen-bond acceptors (Lipinski definition) is 0. The van der Waals surface area contributed by atoms with Gasteiger partial charge in [-0.1, -0.05) is 46.3 Å². The summed E-state index contributed by atoms with van der Waals surface area (Å²) in [5.74, 6) is 1.08. The third-order valence-corrected chi connectivity index (χ3v) is 4.28. The average molecular weight is 350 g/mol. The van der Waals surface area contributed by atoms with Crippen LogP contribution in [0.5, 0.6) is 0 Å². The summed E-state index contributed by atoms with van der Waals surface area (Å²) in [6.45, 7) is 0. The molecule has 2 nitrogen and oxygen atoms in total. The number of fused-ring (bicyclic) bond motifs is 1. The SMILES string of the molecule is Brc1ccc(-c2[nH]c3ccccc3[n+]2-c2ccccc2)cc1. The number of benzene rings is 3. The largest absolute Gasteiger partial charge is 0.292 e. The minimum Gasteiger partial charge on any atom is -0.236 e. The highest BCUT2D eigenvalue weighted by Crippen LogP contribution is 2.22. The molecule has 0 bridgehead atoms. The van der Waals surface area contributed by atoms with Gasteiger partial charge in [0.25, 0.3) is 5.82 Å². The summed E-state index contributed by atoms with van der Waals surface area (Å²) in [5, 5.41) is 0. The number of nitrogens with one attached hydrogen (secondary N) is 1. The van der Waals surface area contributed by atoms with E-state index in [-0.39, 0.29) is 0 Å². The van der Waals surface area contributed by atoms with Crippen molar-refractivity contribution in [3.63, 3.8) is 0 Å². The van der Waals surface area contributed by atoms with Crippen LogP contribution >= 0.6 is 15.9 Å². The molecule has 0 radical (unpaired) electrons. The van der Waals surface area contributed by atoms with Crippen molar-refractivity contribution < 1.29 is 4.57 Å². The lowest BCUT2D eigenvalue weighted by Crippen LogP contribution is -2.31. The quantitative estimate of drug-likeness (QED) is 0.498. The third kappa shape index (κ3) is 2.24. The topological polar surface area (TPSA) is 19.7 Å². The molecule has 0 aliphatic carbocycles. The van der Waals surface area contributed by atoms with E-state index in [0.29, 0.717) is 0 Å². The minimum absolute atomic E-state index is 1.08. The Morgan fingerprint density at radius 1 is 0.727 bits per heavy atom. The van der Waals surface area contributed by atoms with E-state index < -0.39 is 0 Å². The van der Waals surface area contributed by atoms with E-state index in [1.54, 1.807) is 0 Å². The molecule has 106 valence electrons. The predicted molar refractivity (Wildman–Crippen MR) is 93.0 cm³/mol. The molecule has 1 N–H and O–H groups in total. The minimum atomic E-state index is 1.08. The normalized spacial score (nSPS) is 11.0. The van der Waals surface area contributed by atoms with Gasteiger partial charge in [-0.05, 0) is 48.5 Å². The predicted octanol–water partition coefficient (Wildman–Crippen LogP) is 4.87. The number of H-pyrrole nitrogens is 1. The van der Waals surface area contributed by atoms with E-state index in [4.69, 9.17) is 0 Å². The van der Waals surface area contributed by atoms with Crippen LogP contribution in [-0.2, 0) is 0 Å². The second-order valence-corrected chi connectivity index (χ2v) is 6.08. The Labute approximate surface area is 137 Å². The van der Waals surface area contributed by atoms with Crippen molar-refractivity contribution in [2.45, 2.75) is 0 Å². The second-order valence-electron chi connectivity index (χ2n) is 5.17. The highest BCUT2D eigenvalue weighted by atomic mass is 79.9. The molecule has 4 rings (SSSR count). The Hall–Kier alpha value is -2.39. The van der Waals surface area contributed by atoms with E-state index >= 15 is 0 Å². The smallest absolute Gasteiger partial charge is 0.236 e. The number of aromatic nitrogens is 2. The van der Waals surface area contributed by atoms with E-state index in [1.807, 2.05) is 6.07 Å². The fourth-order valence-electron chi connectivity index (χ4n) is 2.73. The highest BCUT2D eigenvalue weighted by Gasteiger charge is 2.21. The molecule has 4 aromatic rings. The van der Waals surface area contributed by atoms with Crippen LogP contribution in [0.4, 0.5) is 0 Å². The first-order valence-corrected chi connectivity index (χ1v) is 7.96. The van der Waals surface area contributed by atoms with Gasteiger partial charge >= 0.3 is 0 Å². The first-order valence-electron chi connectivity index (χ1n) is 7.17. The maximum atomic E-state index is 3.55. The standard InChI is InChI=1S/C19H13BrN2/c20-15-12-10-14(11-13-15)19-21-17-8-4-5-9-18(17)22(19)16-6-2-1-3-7-16/h1-13H/p+1. The first-order chi connectivity index (χ1) is 10.8. The summed E-state index contributed by atoms with van der Waals surface area (Å²) in [6, 6.07) is 27.2. The van der Waals surface area contributed by atoms with Gasteiger partial charge in [-0.2, -0.15) is 4.57 Å². The summed E-state index contributed by atoms with van der Waals surface area (Å²) in [5.41, 5.74) is 4.61. The molecule has 3 heteroatoms. The summed E-state index contributed by atoms with van der Waals surface area (Å²) in [4.78, 5) is 3.55. The molecule has 0 aliphatic heterocycles. The number of aromatic amines is 1. The summed E-state index contributed by atoms with van der Waals surface area (Å²) < 4.78 is 3.34. The van der Waals surface area contributed by atoms with Gasteiger partial charge < -0.3 is 0 Å². The Morgan fingerprint density at radius 2 is 1.41 bits per heavy atom. The van der Waals surface area contributed by atoms with Crippen molar-refractivity contribution in [3.8, 4) is 17.1 Å². The number of imidazole rings is 1. The average Bonchev–Trinajstić information content (AvgIpc) is 2.96. The molecule has 0 amide bonds. The molecule has 3 aromatic carbocycles. The van der Waals surface area contributed by atoms with Crippen LogP contribution in [0.3, 0.4) is 0 Å². The third-order valence-electron chi connectivity index (χ3n) is 3.75. The highest BCUT2D eigenvalue weighted by molar-refractivity contribution is 9.10. The lowest BCUT2D eigenvalue weighted by atomic mass is 10.2. The van der Waals surface area contributed by atoms with Crippen LogP contribution < -0.4 is 4.57 Å². The van der Waals surface area contributed by atoms with Crippen molar-refractivity contribution in [2.24, 2.45) is 0 Å². The van der Waals surface area contributed by atoms with E-state index in [9.17, 15) is 0 Å². The van der Waals surface area contributed by atoms with E-state index in [1.165, 1.54) is 5.52 Å². The zero-order valence-corrected chi connectivity index (χ0v) is 13.4. The maximum Gasteiger partial charge on any atom is 0.292 e.